The van der Waals surface area contributed by atoms with Gasteiger partial charge in [0.1, 0.15) is 13.2 Å². The SMILES string of the molecule is CCCCCCCCCCCCCCCCCCCCCCCCCCCCCCCC(O)C(COP(=O)([O-])OCC[N+](C)(C)C)NC(=O)CCCCCCCCCCCC. The van der Waals surface area contributed by atoms with Gasteiger partial charge in [-0.05, 0) is 12.8 Å². The molecule has 9 heteroatoms. The van der Waals surface area contributed by atoms with Gasteiger partial charge in [0.2, 0.25) is 5.91 Å². The van der Waals surface area contributed by atoms with Gasteiger partial charge in [-0.15, -0.1) is 0 Å². The molecule has 0 radical (unpaired) electrons. The molecular weight excluding hydrogens is 780 g/mol. The molecule has 0 heterocycles. The maximum Gasteiger partial charge on any atom is 0.268 e. The van der Waals surface area contributed by atoms with E-state index in [2.05, 4.69) is 19.2 Å². The fraction of sp³-hybridized carbons (Fsp3) is 0.981. The van der Waals surface area contributed by atoms with Gasteiger partial charge in [0.05, 0.1) is 39.9 Å². The molecule has 3 atom stereocenters. The van der Waals surface area contributed by atoms with E-state index in [0.29, 0.717) is 23.9 Å². The number of amides is 1. The van der Waals surface area contributed by atoms with Crippen LogP contribution in [0.3, 0.4) is 0 Å². The number of unbranched alkanes of at least 4 members (excludes halogenated alkanes) is 37. The van der Waals surface area contributed by atoms with Crippen molar-refractivity contribution in [2.45, 2.75) is 289 Å². The second-order valence-corrected chi connectivity index (χ2v) is 21.4. The third-order valence-corrected chi connectivity index (χ3v) is 13.6. The smallest absolute Gasteiger partial charge is 0.268 e. The Bertz CT molecular complexity index is 963. The van der Waals surface area contributed by atoms with E-state index in [4.69, 9.17) is 9.05 Å². The van der Waals surface area contributed by atoms with Crippen LogP contribution in [0.25, 0.3) is 0 Å². The quantitative estimate of drug-likeness (QED) is 0.0358. The summed E-state index contributed by atoms with van der Waals surface area (Å²) in [4.78, 5) is 25.3. The molecule has 0 bridgehead atoms. The molecule has 0 aromatic heterocycles. The number of carbonyl (C=O) groups excluding carboxylic acids is 1. The lowest BCUT2D eigenvalue weighted by atomic mass is 10.0. The number of quaternary nitrogens is 1. The first-order valence-corrected chi connectivity index (χ1v) is 28.3. The molecule has 0 saturated heterocycles. The minimum absolute atomic E-state index is 0.0161. The molecule has 2 N–H and O–H groups in total. The Labute approximate surface area is 380 Å². The summed E-state index contributed by atoms with van der Waals surface area (Å²) in [6.07, 6.45) is 51.5. The Balaban J connectivity index is 3.98. The topological polar surface area (TPSA) is 108 Å². The first-order valence-electron chi connectivity index (χ1n) is 26.9. The summed E-state index contributed by atoms with van der Waals surface area (Å²) >= 11 is 0. The molecule has 0 spiro atoms. The average molecular weight is 887 g/mol. The highest BCUT2D eigenvalue weighted by atomic mass is 31.2. The normalized spacial score (nSPS) is 14.0. The van der Waals surface area contributed by atoms with Crippen molar-refractivity contribution in [3.05, 3.63) is 0 Å². The van der Waals surface area contributed by atoms with Crippen molar-refractivity contribution in [1.29, 1.82) is 0 Å². The van der Waals surface area contributed by atoms with Gasteiger partial charge in [0.25, 0.3) is 7.82 Å². The van der Waals surface area contributed by atoms with Crippen LogP contribution in [-0.4, -0.2) is 68.5 Å². The number of nitrogens with zero attached hydrogens (tertiary/aromatic N) is 1. The van der Waals surface area contributed by atoms with Crippen molar-refractivity contribution < 1.29 is 32.9 Å². The third kappa shape index (κ3) is 47.3. The zero-order valence-electron chi connectivity index (χ0n) is 41.7. The van der Waals surface area contributed by atoms with Crippen LogP contribution in [0.5, 0.6) is 0 Å². The summed E-state index contributed by atoms with van der Waals surface area (Å²) in [6, 6.07) is -0.793. The van der Waals surface area contributed by atoms with Gasteiger partial charge >= 0.3 is 0 Å². The second kappa shape index (κ2) is 44.7. The van der Waals surface area contributed by atoms with Crippen molar-refractivity contribution >= 4 is 13.7 Å². The maximum absolute atomic E-state index is 12.8. The molecule has 366 valence electrons. The van der Waals surface area contributed by atoms with Crippen molar-refractivity contribution in [2.75, 3.05) is 40.9 Å². The van der Waals surface area contributed by atoms with Gasteiger partial charge in [-0.3, -0.25) is 9.36 Å². The highest BCUT2D eigenvalue weighted by molar-refractivity contribution is 7.45. The molecule has 0 aliphatic carbocycles. The molecular formula is C52H107N2O6P. The van der Waals surface area contributed by atoms with Gasteiger partial charge < -0.3 is 28.8 Å². The van der Waals surface area contributed by atoms with E-state index in [-0.39, 0.29) is 19.1 Å². The molecule has 1 amide bonds. The Morgan fingerprint density at radius 1 is 0.508 bits per heavy atom. The number of hydrogen-bond acceptors (Lipinski definition) is 6. The standard InChI is InChI=1S/C52H107N2O6P/c1-6-8-10-12-14-16-18-19-20-21-22-23-24-25-26-27-28-29-30-31-32-33-34-35-36-37-39-41-43-45-51(55)50(49-60-61(57,58)59-48-47-54(3,4)5)53-52(56)46-44-42-40-38-17-15-13-11-9-7-2/h50-51,55H,6-49H2,1-5H3,(H-,53,56,57,58). The number of aliphatic hydroxyl groups excluding tert-OH is 1. The first kappa shape index (κ1) is 60.5. The van der Waals surface area contributed by atoms with Crippen LogP contribution in [0.2, 0.25) is 0 Å². The highest BCUT2D eigenvalue weighted by Crippen LogP contribution is 2.38. The predicted molar refractivity (Wildman–Crippen MR) is 261 cm³/mol. The zero-order chi connectivity index (χ0) is 45.0. The zero-order valence-corrected chi connectivity index (χ0v) is 42.5. The molecule has 0 saturated carbocycles. The van der Waals surface area contributed by atoms with Crippen LogP contribution in [0.1, 0.15) is 277 Å². The molecule has 0 fully saturated rings. The largest absolute Gasteiger partial charge is 0.756 e. The molecule has 3 unspecified atom stereocenters. The predicted octanol–water partition coefficient (Wildman–Crippen LogP) is 15.1. The number of phosphoric ester groups is 1. The Morgan fingerprint density at radius 2 is 0.803 bits per heavy atom. The van der Waals surface area contributed by atoms with E-state index in [1.54, 1.807) is 0 Å². The summed E-state index contributed by atoms with van der Waals surface area (Å²) < 4.78 is 23.3. The van der Waals surface area contributed by atoms with Crippen LogP contribution in [0, 0.1) is 0 Å². The van der Waals surface area contributed by atoms with E-state index < -0.39 is 20.0 Å². The Morgan fingerprint density at radius 3 is 1.11 bits per heavy atom. The molecule has 0 aliphatic rings. The molecule has 8 nitrogen and oxygen atoms in total. The average Bonchev–Trinajstić information content (AvgIpc) is 3.21. The van der Waals surface area contributed by atoms with Gasteiger partial charge in [0.15, 0.2) is 0 Å². The van der Waals surface area contributed by atoms with Crippen molar-refractivity contribution in [3.63, 3.8) is 0 Å². The Hall–Kier alpha value is -0.500. The van der Waals surface area contributed by atoms with Gasteiger partial charge in [-0.1, -0.05) is 258 Å². The van der Waals surface area contributed by atoms with Crippen LogP contribution in [0.15, 0.2) is 0 Å². The number of phosphoric acid groups is 1. The fourth-order valence-electron chi connectivity index (χ4n) is 8.34. The number of rotatable bonds is 50. The molecule has 0 aromatic rings. The lowest BCUT2D eigenvalue weighted by molar-refractivity contribution is -0.870. The van der Waals surface area contributed by atoms with Gasteiger partial charge in [-0.25, -0.2) is 0 Å². The fourth-order valence-corrected chi connectivity index (χ4v) is 9.06. The molecule has 0 aliphatic heterocycles. The lowest BCUT2D eigenvalue weighted by Crippen LogP contribution is -2.46. The summed E-state index contributed by atoms with van der Waals surface area (Å²) in [6.45, 7) is 4.74. The van der Waals surface area contributed by atoms with Crippen LogP contribution in [0.4, 0.5) is 0 Å². The summed E-state index contributed by atoms with van der Waals surface area (Å²) in [5.74, 6) is -0.163. The molecule has 0 aromatic carbocycles. The molecule has 0 rings (SSSR count). The van der Waals surface area contributed by atoms with Crippen LogP contribution < -0.4 is 10.2 Å². The van der Waals surface area contributed by atoms with Crippen LogP contribution >= 0.6 is 7.82 Å². The van der Waals surface area contributed by atoms with Crippen molar-refractivity contribution in [3.8, 4) is 0 Å². The minimum atomic E-state index is -4.56. The molecule has 61 heavy (non-hydrogen) atoms. The summed E-state index contributed by atoms with van der Waals surface area (Å²) in [7, 11) is 1.32. The number of nitrogens with one attached hydrogen (secondary N) is 1. The summed E-state index contributed by atoms with van der Waals surface area (Å²) in [5, 5.41) is 13.9. The minimum Gasteiger partial charge on any atom is -0.756 e. The number of carbonyl (C=O) groups is 1. The van der Waals surface area contributed by atoms with Gasteiger partial charge in [0, 0.05) is 6.42 Å². The second-order valence-electron chi connectivity index (χ2n) is 20.0. The number of likely N-dealkylation sites (N-methyl/N-ethyl adjacent to an activating group) is 1. The van der Waals surface area contributed by atoms with E-state index in [1.807, 2.05) is 21.1 Å². The monoisotopic (exact) mass is 887 g/mol. The van der Waals surface area contributed by atoms with E-state index >= 15 is 0 Å². The lowest BCUT2D eigenvalue weighted by Gasteiger charge is -2.30. The Kier molecular flexibility index (Phi) is 44.3. The summed E-state index contributed by atoms with van der Waals surface area (Å²) in [5.41, 5.74) is 0. The van der Waals surface area contributed by atoms with E-state index in [0.717, 1.165) is 38.5 Å². The number of hydrogen-bond donors (Lipinski definition) is 2. The van der Waals surface area contributed by atoms with E-state index in [1.165, 1.54) is 212 Å². The highest BCUT2D eigenvalue weighted by Gasteiger charge is 2.24. The van der Waals surface area contributed by atoms with Gasteiger partial charge in [-0.2, -0.15) is 0 Å². The van der Waals surface area contributed by atoms with Crippen molar-refractivity contribution in [2.24, 2.45) is 0 Å². The third-order valence-electron chi connectivity index (χ3n) is 12.6. The number of aliphatic hydroxyl groups is 1. The van der Waals surface area contributed by atoms with E-state index in [9.17, 15) is 19.4 Å². The first-order chi connectivity index (χ1) is 29.5. The van der Waals surface area contributed by atoms with Crippen LogP contribution in [-0.2, 0) is 18.4 Å². The maximum atomic E-state index is 12.8. The van der Waals surface area contributed by atoms with Crippen molar-refractivity contribution in [1.82, 2.24) is 5.32 Å².